The summed E-state index contributed by atoms with van der Waals surface area (Å²) in [6, 6.07) is 0. The molecule has 0 saturated heterocycles. The van der Waals surface area contributed by atoms with Crippen molar-refractivity contribution >= 4 is 28.0 Å². The van der Waals surface area contributed by atoms with Crippen molar-refractivity contribution in [2.24, 2.45) is 0 Å². The van der Waals surface area contributed by atoms with Crippen LogP contribution in [-0.4, -0.2) is 24.1 Å². The second-order valence-corrected chi connectivity index (χ2v) is 5.49. The lowest BCUT2D eigenvalue weighted by Gasteiger charge is -2.20. The Hall–Kier alpha value is 0.170. The van der Waals surface area contributed by atoms with E-state index in [1.54, 1.807) is 21.6 Å². The van der Waals surface area contributed by atoms with E-state index in [0.29, 0.717) is 6.61 Å². The Morgan fingerprint density at radius 1 is 1.80 bits per heavy atom. The van der Waals surface area contributed by atoms with Crippen molar-refractivity contribution in [1.82, 2.24) is 0 Å². The molecule has 0 fully saturated rings. The van der Waals surface area contributed by atoms with E-state index in [1.807, 2.05) is 20.1 Å². The van der Waals surface area contributed by atoms with Gasteiger partial charge in [0.05, 0.1) is 4.75 Å². The van der Waals surface area contributed by atoms with E-state index in [1.165, 1.54) is 0 Å². The van der Waals surface area contributed by atoms with Crippen LogP contribution < -0.4 is 0 Å². The molecular formula is C6H12O2S2. The van der Waals surface area contributed by atoms with Crippen LogP contribution in [0.2, 0.25) is 0 Å². The molecule has 0 saturated carbocycles. The monoisotopic (exact) mass is 181 g/mol. The molecule has 0 aromatic heterocycles. The highest BCUT2D eigenvalue weighted by atomic mass is 33.1. The summed E-state index contributed by atoms with van der Waals surface area (Å²) in [5, 5.41) is 0. The van der Waals surface area contributed by atoms with Gasteiger partial charge in [-0.2, -0.15) is 0 Å². The van der Waals surface area contributed by atoms with Crippen LogP contribution in [0.3, 0.4) is 0 Å². The summed E-state index contributed by atoms with van der Waals surface area (Å²) in [6.45, 7) is 4.23. The summed E-state index contributed by atoms with van der Waals surface area (Å²) in [5.41, 5.74) is 0. The maximum absolute atomic E-state index is 10.1. The van der Waals surface area contributed by atoms with Crippen LogP contribution in [0.1, 0.15) is 15.2 Å². The summed E-state index contributed by atoms with van der Waals surface area (Å²) in [6.07, 6.45) is 1.01. The Morgan fingerprint density at radius 2 is 2.40 bits per heavy atom. The largest absolute Gasteiger partial charge is 0.466 e. The van der Waals surface area contributed by atoms with Crippen molar-refractivity contribution in [3.05, 3.63) is 0 Å². The zero-order chi connectivity index (χ0) is 8.91. The number of hydrogen-bond acceptors (Lipinski definition) is 4. The SMILES string of the molecule is [2H]C(=O)OCC(C)(C)SSC. The standard InChI is InChI=1S/C6H12O2S2/c1-6(2,10-9-3)4-8-5-7/h5H,4H2,1-3H3/i5D. The average molecular weight is 181 g/mol. The third kappa shape index (κ3) is 4.99. The molecule has 0 aromatic rings. The molecule has 0 N–H and O–H groups in total. The van der Waals surface area contributed by atoms with Gasteiger partial charge in [-0.3, -0.25) is 4.79 Å². The van der Waals surface area contributed by atoms with Gasteiger partial charge in [-0.25, -0.2) is 0 Å². The third-order valence-electron chi connectivity index (χ3n) is 0.788. The first kappa shape index (κ1) is 8.27. The van der Waals surface area contributed by atoms with E-state index >= 15 is 0 Å². The van der Waals surface area contributed by atoms with Gasteiger partial charge in [0, 0.05) is 0 Å². The van der Waals surface area contributed by atoms with Gasteiger partial charge in [-0.05, 0) is 20.1 Å². The second kappa shape index (κ2) is 4.91. The summed E-state index contributed by atoms with van der Waals surface area (Å²) in [7, 11) is 3.26. The van der Waals surface area contributed by atoms with E-state index < -0.39 is 6.45 Å². The molecule has 0 spiro atoms. The smallest absolute Gasteiger partial charge is 0.293 e. The quantitative estimate of drug-likeness (QED) is 0.489. The van der Waals surface area contributed by atoms with E-state index in [2.05, 4.69) is 4.74 Å². The fraction of sp³-hybridized carbons (Fsp3) is 0.833. The van der Waals surface area contributed by atoms with Gasteiger partial charge in [0.1, 0.15) is 6.61 Å². The van der Waals surface area contributed by atoms with Crippen LogP contribution in [0.25, 0.3) is 0 Å². The predicted octanol–water partition coefficient (Wildman–Crippen LogP) is 1.95. The van der Waals surface area contributed by atoms with E-state index in [9.17, 15) is 4.79 Å². The molecule has 0 atom stereocenters. The second-order valence-electron chi connectivity index (χ2n) is 2.38. The van der Waals surface area contributed by atoms with Crippen molar-refractivity contribution in [2.75, 3.05) is 12.9 Å². The van der Waals surface area contributed by atoms with Gasteiger partial charge < -0.3 is 4.74 Å². The maximum atomic E-state index is 10.1. The first-order valence-corrected chi connectivity index (χ1v) is 5.39. The minimum absolute atomic E-state index is 0.101. The zero-order valence-electron chi connectivity index (χ0n) is 7.34. The lowest BCUT2D eigenvalue weighted by Crippen LogP contribution is -2.20. The van der Waals surface area contributed by atoms with E-state index in [-0.39, 0.29) is 4.75 Å². The highest BCUT2D eigenvalue weighted by Crippen LogP contribution is 2.33. The van der Waals surface area contributed by atoms with Crippen LogP contribution in [0.15, 0.2) is 0 Å². The van der Waals surface area contributed by atoms with Crippen LogP contribution in [0.5, 0.6) is 0 Å². The molecule has 0 unspecified atom stereocenters. The Balaban J connectivity index is 3.63. The molecule has 0 aromatic carbocycles. The Morgan fingerprint density at radius 3 is 2.80 bits per heavy atom. The molecule has 0 radical (unpaired) electrons. The molecule has 2 nitrogen and oxygen atoms in total. The number of ether oxygens (including phenoxy) is 1. The van der Waals surface area contributed by atoms with Crippen LogP contribution >= 0.6 is 21.6 Å². The van der Waals surface area contributed by atoms with Crippen molar-refractivity contribution in [1.29, 1.82) is 0 Å². The molecule has 60 valence electrons. The number of rotatable bonds is 4. The molecule has 4 heteroatoms. The normalized spacial score (nSPS) is 12.5. The van der Waals surface area contributed by atoms with Crippen molar-refractivity contribution < 1.29 is 10.9 Å². The van der Waals surface area contributed by atoms with E-state index in [4.69, 9.17) is 1.37 Å². The average Bonchev–Trinajstić information content (AvgIpc) is 1.84. The predicted molar refractivity (Wildman–Crippen MR) is 47.2 cm³/mol. The van der Waals surface area contributed by atoms with Crippen molar-refractivity contribution in [3.63, 3.8) is 0 Å². The minimum Gasteiger partial charge on any atom is -0.466 e. The lowest BCUT2D eigenvalue weighted by molar-refractivity contribution is -0.129. The summed E-state index contributed by atoms with van der Waals surface area (Å²) in [5.74, 6) is 0. The molecule has 0 aliphatic heterocycles. The Kier molecular flexibility index (Phi) is 4.06. The van der Waals surface area contributed by atoms with E-state index in [0.717, 1.165) is 0 Å². The summed E-state index contributed by atoms with van der Waals surface area (Å²) >= 11 is 0. The van der Waals surface area contributed by atoms with Gasteiger partial charge in [-0.1, -0.05) is 21.6 Å². The minimum atomic E-state index is -0.959. The molecular weight excluding hydrogens is 168 g/mol. The van der Waals surface area contributed by atoms with Gasteiger partial charge >= 0.3 is 0 Å². The topological polar surface area (TPSA) is 26.3 Å². The Bertz CT molecular complexity index is 139. The number of carbonyl (C=O) groups is 1. The Labute approximate surface area is 70.9 Å². The first-order valence-electron chi connectivity index (χ1n) is 3.33. The number of carbonyl (C=O) groups excluding carboxylic acids is 1. The zero-order valence-corrected chi connectivity index (χ0v) is 7.97. The highest BCUT2D eigenvalue weighted by Gasteiger charge is 2.18. The third-order valence-corrected chi connectivity index (χ3v) is 3.38. The molecule has 0 rings (SSSR count). The fourth-order valence-electron chi connectivity index (χ4n) is 0.453. The van der Waals surface area contributed by atoms with Crippen molar-refractivity contribution in [2.45, 2.75) is 18.6 Å². The molecule has 0 bridgehead atoms. The molecule has 0 heterocycles. The first-order chi connectivity index (χ1) is 4.98. The van der Waals surface area contributed by atoms with Gasteiger partial charge in [-0.15, -0.1) is 0 Å². The maximum Gasteiger partial charge on any atom is 0.293 e. The van der Waals surface area contributed by atoms with Crippen LogP contribution in [-0.2, 0) is 9.53 Å². The van der Waals surface area contributed by atoms with Gasteiger partial charge in [0.15, 0.2) is 1.37 Å². The fourth-order valence-corrected chi connectivity index (χ4v) is 2.51. The number of hydrogen-bond donors (Lipinski definition) is 0. The van der Waals surface area contributed by atoms with Gasteiger partial charge in [0.2, 0.25) is 0 Å². The van der Waals surface area contributed by atoms with Crippen LogP contribution in [0, 0.1) is 0 Å². The molecule has 0 aliphatic carbocycles. The highest BCUT2D eigenvalue weighted by molar-refractivity contribution is 8.76. The lowest BCUT2D eigenvalue weighted by atomic mass is 10.2. The molecule has 0 aliphatic rings. The van der Waals surface area contributed by atoms with Crippen LogP contribution in [0.4, 0.5) is 0 Å². The van der Waals surface area contributed by atoms with Crippen molar-refractivity contribution in [3.8, 4) is 0 Å². The summed E-state index contributed by atoms with van der Waals surface area (Å²) in [4.78, 5) is 10.1. The summed E-state index contributed by atoms with van der Waals surface area (Å²) < 4.78 is 11.0. The van der Waals surface area contributed by atoms with Gasteiger partial charge in [0.25, 0.3) is 6.45 Å². The molecule has 0 amide bonds. The molecule has 10 heavy (non-hydrogen) atoms.